The van der Waals surface area contributed by atoms with Gasteiger partial charge in [-0.1, -0.05) is 6.92 Å². The van der Waals surface area contributed by atoms with Gasteiger partial charge in [0.25, 0.3) is 0 Å². The summed E-state index contributed by atoms with van der Waals surface area (Å²) in [6.45, 7) is 4.70. The first-order chi connectivity index (χ1) is 12.1. The van der Waals surface area contributed by atoms with E-state index >= 15 is 0 Å². The highest BCUT2D eigenvalue weighted by atomic mass is 16.2. The lowest BCUT2D eigenvalue weighted by atomic mass is 10.2. The van der Waals surface area contributed by atoms with Crippen LogP contribution in [0.25, 0.3) is 10.9 Å². The monoisotopic (exact) mass is 337 g/mol. The van der Waals surface area contributed by atoms with Gasteiger partial charge in [0.2, 0.25) is 0 Å². The Kier molecular flexibility index (Phi) is 4.97. The summed E-state index contributed by atoms with van der Waals surface area (Å²) in [5.41, 5.74) is 2.87. The molecule has 0 saturated carbocycles. The summed E-state index contributed by atoms with van der Waals surface area (Å²) >= 11 is 0. The van der Waals surface area contributed by atoms with Crippen LogP contribution in [0, 0.1) is 0 Å². The van der Waals surface area contributed by atoms with Crippen molar-refractivity contribution in [2.45, 2.75) is 32.9 Å². The molecule has 0 fully saturated rings. The summed E-state index contributed by atoms with van der Waals surface area (Å²) in [5.74, 6) is 0. The Hall–Kier alpha value is -2.89. The van der Waals surface area contributed by atoms with Crippen LogP contribution in [0.5, 0.6) is 0 Å². The lowest BCUT2D eigenvalue weighted by Gasteiger charge is -2.29. The third-order valence-corrected chi connectivity index (χ3v) is 4.48. The Morgan fingerprint density at radius 3 is 2.76 bits per heavy atom. The summed E-state index contributed by atoms with van der Waals surface area (Å²) < 4.78 is 1.82. The molecule has 130 valence electrons. The Balaban J connectivity index is 1.78. The van der Waals surface area contributed by atoms with Gasteiger partial charge in [0, 0.05) is 43.1 Å². The molecule has 2 aromatic heterocycles. The first-order valence-electron chi connectivity index (χ1n) is 8.46. The minimum atomic E-state index is -0.102. The number of aryl methyl sites for hydroxylation is 1. The fraction of sp³-hybridized carbons (Fsp3) is 0.316. The van der Waals surface area contributed by atoms with Crippen molar-refractivity contribution < 1.29 is 4.79 Å². The van der Waals surface area contributed by atoms with Gasteiger partial charge in [0.05, 0.1) is 11.7 Å². The number of hydrogen-bond donors (Lipinski definition) is 1. The van der Waals surface area contributed by atoms with E-state index in [1.165, 1.54) is 0 Å². The molecular formula is C19H23N5O. The first-order valence-corrected chi connectivity index (χ1v) is 8.46. The van der Waals surface area contributed by atoms with E-state index in [1.54, 1.807) is 18.6 Å². The van der Waals surface area contributed by atoms with Crippen molar-refractivity contribution in [1.82, 2.24) is 19.7 Å². The van der Waals surface area contributed by atoms with E-state index in [-0.39, 0.29) is 12.1 Å². The van der Waals surface area contributed by atoms with E-state index in [4.69, 9.17) is 0 Å². The number of fused-ring (bicyclic) bond motifs is 1. The smallest absolute Gasteiger partial charge is 0.318 e. The Morgan fingerprint density at radius 1 is 1.28 bits per heavy atom. The van der Waals surface area contributed by atoms with E-state index < -0.39 is 0 Å². The van der Waals surface area contributed by atoms with Crippen molar-refractivity contribution in [3.63, 3.8) is 0 Å². The maximum atomic E-state index is 12.8. The lowest BCUT2D eigenvalue weighted by molar-refractivity contribution is 0.187. The van der Waals surface area contributed by atoms with Gasteiger partial charge in [0.1, 0.15) is 0 Å². The SMILES string of the molecule is CC[C@@H](C)N(Cc1ccncc1)C(=O)Nc1ccc2c(cnn2C)c1. The van der Waals surface area contributed by atoms with Crippen molar-refractivity contribution in [1.29, 1.82) is 0 Å². The predicted molar refractivity (Wildman–Crippen MR) is 99.3 cm³/mol. The summed E-state index contributed by atoms with van der Waals surface area (Å²) in [4.78, 5) is 18.7. The first kappa shape index (κ1) is 17.0. The summed E-state index contributed by atoms with van der Waals surface area (Å²) in [7, 11) is 1.90. The molecule has 1 atom stereocenters. The average Bonchev–Trinajstić information content (AvgIpc) is 3.00. The zero-order valence-corrected chi connectivity index (χ0v) is 14.8. The molecule has 1 N–H and O–H groups in total. The molecule has 25 heavy (non-hydrogen) atoms. The van der Waals surface area contributed by atoms with Gasteiger partial charge < -0.3 is 10.2 Å². The number of carbonyl (C=O) groups excluding carboxylic acids is 1. The zero-order chi connectivity index (χ0) is 17.8. The molecule has 2 heterocycles. The standard InChI is InChI=1S/C19H23N5O/c1-4-14(2)24(13-15-7-9-20-10-8-15)19(25)22-17-5-6-18-16(11-17)12-21-23(18)3/h5-12,14H,4,13H2,1-3H3,(H,22,25)/t14-/m1/s1. The van der Waals surface area contributed by atoms with Crippen LogP contribution in [0.15, 0.2) is 48.9 Å². The molecule has 0 spiro atoms. The molecule has 3 aromatic rings. The molecule has 0 radical (unpaired) electrons. The van der Waals surface area contributed by atoms with E-state index in [1.807, 2.05) is 47.0 Å². The van der Waals surface area contributed by atoms with Crippen molar-refractivity contribution >= 4 is 22.6 Å². The summed E-state index contributed by atoms with van der Waals surface area (Å²) in [6.07, 6.45) is 6.19. The molecule has 0 unspecified atom stereocenters. The van der Waals surface area contributed by atoms with Crippen molar-refractivity contribution in [2.24, 2.45) is 7.05 Å². The molecule has 0 aliphatic carbocycles. The zero-order valence-electron chi connectivity index (χ0n) is 14.8. The van der Waals surface area contributed by atoms with Crippen LogP contribution < -0.4 is 5.32 Å². The highest BCUT2D eigenvalue weighted by Gasteiger charge is 2.19. The fourth-order valence-electron chi connectivity index (χ4n) is 2.77. The van der Waals surface area contributed by atoms with Gasteiger partial charge in [-0.05, 0) is 49.2 Å². The fourth-order valence-corrected chi connectivity index (χ4v) is 2.77. The lowest BCUT2D eigenvalue weighted by Crippen LogP contribution is -2.40. The number of nitrogens with zero attached hydrogens (tertiary/aromatic N) is 4. The van der Waals surface area contributed by atoms with Crippen molar-refractivity contribution in [3.8, 4) is 0 Å². The Labute approximate surface area is 147 Å². The van der Waals surface area contributed by atoms with E-state index in [9.17, 15) is 4.79 Å². The number of carbonyl (C=O) groups is 1. The highest BCUT2D eigenvalue weighted by Crippen LogP contribution is 2.20. The number of urea groups is 1. The number of benzene rings is 1. The molecule has 6 heteroatoms. The van der Waals surface area contributed by atoms with Gasteiger partial charge in [-0.3, -0.25) is 9.67 Å². The van der Waals surface area contributed by atoms with Crippen molar-refractivity contribution in [3.05, 3.63) is 54.5 Å². The van der Waals surface area contributed by atoms with Gasteiger partial charge in [-0.15, -0.1) is 0 Å². The van der Waals surface area contributed by atoms with E-state index in [0.717, 1.165) is 28.6 Å². The molecule has 2 amide bonds. The van der Waals surface area contributed by atoms with Crippen LogP contribution in [0.2, 0.25) is 0 Å². The van der Waals surface area contributed by atoms with Crippen LogP contribution in [0.3, 0.4) is 0 Å². The van der Waals surface area contributed by atoms with Crippen LogP contribution in [-0.4, -0.2) is 31.7 Å². The largest absolute Gasteiger partial charge is 0.322 e. The molecule has 0 aliphatic rings. The van der Waals surface area contributed by atoms with E-state index in [0.29, 0.717) is 6.54 Å². The minimum Gasteiger partial charge on any atom is -0.318 e. The van der Waals surface area contributed by atoms with Gasteiger partial charge >= 0.3 is 6.03 Å². The molecule has 3 rings (SSSR count). The normalized spacial score (nSPS) is 12.1. The molecule has 1 aromatic carbocycles. The maximum absolute atomic E-state index is 12.8. The average molecular weight is 337 g/mol. The topological polar surface area (TPSA) is 63.1 Å². The molecule has 0 aliphatic heterocycles. The number of nitrogens with one attached hydrogen (secondary N) is 1. The Morgan fingerprint density at radius 2 is 2.04 bits per heavy atom. The van der Waals surface area contributed by atoms with Gasteiger partial charge in [0.15, 0.2) is 0 Å². The summed E-state index contributed by atoms with van der Waals surface area (Å²) in [5, 5.41) is 8.25. The van der Waals surface area contributed by atoms with Gasteiger partial charge in [-0.25, -0.2) is 4.79 Å². The van der Waals surface area contributed by atoms with Crippen LogP contribution in [0.1, 0.15) is 25.8 Å². The second kappa shape index (κ2) is 7.34. The molecule has 6 nitrogen and oxygen atoms in total. The van der Waals surface area contributed by atoms with Crippen LogP contribution in [0.4, 0.5) is 10.5 Å². The second-order valence-corrected chi connectivity index (χ2v) is 6.21. The number of amides is 2. The number of hydrogen-bond acceptors (Lipinski definition) is 3. The number of pyridine rings is 1. The number of aromatic nitrogens is 3. The highest BCUT2D eigenvalue weighted by molar-refractivity contribution is 5.92. The number of anilines is 1. The second-order valence-electron chi connectivity index (χ2n) is 6.21. The minimum absolute atomic E-state index is 0.102. The van der Waals surface area contributed by atoms with Crippen molar-refractivity contribution in [2.75, 3.05) is 5.32 Å². The third kappa shape index (κ3) is 3.79. The molecule has 0 bridgehead atoms. The predicted octanol–water partition coefficient (Wildman–Crippen LogP) is 3.80. The molecular weight excluding hydrogens is 314 g/mol. The number of rotatable bonds is 5. The van der Waals surface area contributed by atoms with Crippen LogP contribution in [-0.2, 0) is 13.6 Å². The van der Waals surface area contributed by atoms with Gasteiger partial charge in [-0.2, -0.15) is 5.10 Å². The summed E-state index contributed by atoms with van der Waals surface area (Å²) in [6, 6.07) is 9.72. The van der Waals surface area contributed by atoms with E-state index in [2.05, 4.69) is 29.2 Å². The Bertz CT molecular complexity index is 859. The quantitative estimate of drug-likeness (QED) is 0.770. The van der Waals surface area contributed by atoms with Crippen LogP contribution >= 0.6 is 0 Å². The maximum Gasteiger partial charge on any atom is 0.322 e. The third-order valence-electron chi connectivity index (χ3n) is 4.48. The molecule has 0 saturated heterocycles.